The number of aryl methyl sites for hydroxylation is 1. The molecule has 0 spiro atoms. The zero-order chi connectivity index (χ0) is 62.4. The largest absolute Gasteiger partial charge is 0.341 e. The van der Waals surface area contributed by atoms with Crippen LogP contribution >= 0.6 is 0 Å². The van der Waals surface area contributed by atoms with Gasteiger partial charge in [-0.2, -0.15) is 0 Å². The van der Waals surface area contributed by atoms with Crippen molar-refractivity contribution in [1.29, 1.82) is 0 Å². The van der Waals surface area contributed by atoms with E-state index in [0.29, 0.717) is 0 Å². The van der Waals surface area contributed by atoms with Crippen LogP contribution in [0.3, 0.4) is 0 Å². The first-order valence-corrected chi connectivity index (χ1v) is 33.0. The summed E-state index contributed by atoms with van der Waals surface area (Å²) < 4.78 is 7.47. The van der Waals surface area contributed by atoms with E-state index in [1.807, 2.05) is 0 Å². The molecule has 0 saturated carbocycles. The molecule has 0 fully saturated rings. The number of nitrogens with zero attached hydrogens (tertiary/aromatic N) is 5. The number of benzene rings is 17. The van der Waals surface area contributed by atoms with Crippen molar-refractivity contribution in [3.63, 3.8) is 0 Å². The molecule has 0 aliphatic rings. The molecule has 0 amide bonds. The van der Waals surface area contributed by atoms with Crippen LogP contribution in [0.25, 0.3) is 153 Å². The molecule has 3 heterocycles. The van der Waals surface area contributed by atoms with E-state index in [0.717, 1.165) is 46.4 Å². The molecule has 0 atom stereocenters. The van der Waals surface area contributed by atoms with E-state index in [1.165, 1.54) is 147 Å². The van der Waals surface area contributed by atoms with E-state index in [4.69, 9.17) is 0 Å². The van der Waals surface area contributed by atoms with Crippen molar-refractivity contribution in [3.8, 4) is 22.5 Å². The Morgan fingerprint density at radius 1 is 0.242 bits per heavy atom. The molecule has 0 unspecified atom stereocenters. The Morgan fingerprint density at radius 3 is 1.29 bits per heavy atom. The average molecular weight is 1210 g/mol. The third kappa shape index (κ3) is 7.97. The molecule has 0 radical (unpaired) electrons. The maximum atomic E-state index is 2.52. The van der Waals surface area contributed by atoms with E-state index >= 15 is 0 Å². The van der Waals surface area contributed by atoms with Crippen LogP contribution < -0.4 is 9.80 Å². The van der Waals surface area contributed by atoms with Gasteiger partial charge in [0.2, 0.25) is 0 Å². The first kappa shape index (κ1) is 53.2. The van der Waals surface area contributed by atoms with Crippen LogP contribution in [0.15, 0.2) is 328 Å². The van der Waals surface area contributed by atoms with Gasteiger partial charge >= 0.3 is 0 Å². The summed E-state index contributed by atoms with van der Waals surface area (Å²) in [7, 11) is 0. The monoisotopic (exact) mass is 1210 g/mol. The second-order valence-corrected chi connectivity index (χ2v) is 25.4. The summed E-state index contributed by atoms with van der Waals surface area (Å²) in [5, 5.41) is 22.1. The first-order chi connectivity index (χ1) is 47.1. The second-order valence-electron chi connectivity index (χ2n) is 25.4. The fourth-order valence-corrected chi connectivity index (χ4v) is 16.3. The highest BCUT2D eigenvalue weighted by atomic mass is 15.2. The van der Waals surface area contributed by atoms with Crippen molar-refractivity contribution >= 4 is 164 Å². The number of hydrogen-bond donors (Lipinski definition) is 0. The zero-order valence-corrected chi connectivity index (χ0v) is 52.1. The summed E-state index contributed by atoms with van der Waals surface area (Å²) in [4.78, 5) is 4.90. The van der Waals surface area contributed by atoms with Crippen LogP contribution in [0.1, 0.15) is 6.92 Å². The summed E-state index contributed by atoms with van der Waals surface area (Å²) >= 11 is 0. The fraction of sp³-hybridized carbons (Fsp3) is 0.0222. The van der Waals surface area contributed by atoms with E-state index < -0.39 is 0 Å². The summed E-state index contributed by atoms with van der Waals surface area (Å²) in [6.07, 6.45) is 0. The standard InChI is InChI=1S/C90H59N5/c1-2-91-79-50-44-65(92(63-25-5-3-6-26-63)81-35-17-22-57-20-9-11-29-68(57)81)53-75(79)76-54-66(45-51-80(76)91)93(64-27-7-4-8-28-64)86-49-43-61-41-47-72-67(46-40-60-42-48-73(86)90(61)89(60)72)62-39-38-59-24-19-37-85(74(59)52-62)95-84-34-16-14-32-71(84)78-55-87-77(56-88(78)95)70-31-13-15-33-83(70)94(87)82-36-18-23-58-21-10-12-30-69(58)82/h3-56H,2H2,1H3. The molecule has 0 N–H and O–H groups in total. The van der Waals surface area contributed by atoms with Gasteiger partial charge in [-0.1, -0.05) is 212 Å². The van der Waals surface area contributed by atoms with E-state index in [1.54, 1.807) is 0 Å². The third-order valence-corrected chi connectivity index (χ3v) is 20.5. The summed E-state index contributed by atoms with van der Waals surface area (Å²) in [6, 6.07) is 122. The number of rotatable bonds is 10. The highest BCUT2D eigenvalue weighted by Crippen LogP contribution is 2.49. The molecule has 3 aromatic heterocycles. The van der Waals surface area contributed by atoms with E-state index in [9.17, 15) is 0 Å². The number of anilines is 6. The Bertz CT molecular complexity index is 6520. The lowest BCUT2D eigenvalue weighted by Crippen LogP contribution is -2.10. The lowest BCUT2D eigenvalue weighted by Gasteiger charge is -2.28. The lowest BCUT2D eigenvalue weighted by atomic mass is 9.88. The molecule has 5 nitrogen and oxygen atoms in total. The normalized spacial score (nSPS) is 12.1. The van der Waals surface area contributed by atoms with Crippen molar-refractivity contribution in [2.24, 2.45) is 0 Å². The van der Waals surface area contributed by atoms with Crippen LogP contribution in [0, 0.1) is 0 Å². The minimum atomic E-state index is 0.843. The summed E-state index contributed by atoms with van der Waals surface area (Å²) in [5.41, 5.74) is 18.6. The maximum absolute atomic E-state index is 2.52. The minimum Gasteiger partial charge on any atom is -0.341 e. The van der Waals surface area contributed by atoms with Gasteiger partial charge in [0.15, 0.2) is 0 Å². The number of aromatic nitrogens is 3. The van der Waals surface area contributed by atoms with Crippen LogP contribution in [0.2, 0.25) is 0 Å². The fourth-order valence-electron chi connectivity index (χ4n) is 16.3. The molecular formula is C90H59N5. The highest BCUT2D eigenvalue weighted by Gasteiger charge is 2.25. The van der Waals surface area contributed by atoms with Crippen LogP contribution in [0.4, 0.5) is 34.1 Å². The molecule has 5 heteroatoms. The molecule has 17 aromatic carbocycles. The Kier molecular flexibility index (Phi) is 11.7. The van der Waals surface area contributed by atoms with Crippen molar-refractivity contribution in [2.45, 2.75) is 13.5 Å². The van der Waals surface area contributed by atoms with Crippen molar-refractivity contribution < 1.29 is 0 Å². The second kappa shape index (κ2) is 20.8. The smallest absolute Gasteiger partial charge is 0.0549 e. The third-order valence-electron chi connectivity index (χ3n) is 20.5. The van der Waals surface area contributed by atoms with Crippen molar-refractivity contribution in [3.05, 3.63) is 328 Å². The van der Waals surface area contributed by atoms with Gasteiger partial charge in [0.05, 0.1) is 44.8 Å². The lowest BCUT2D eigenvalue weighted by molar-refractivity contribution is 0.827. The first-order valence-electron chi connectivity index (χ1n) is 33.0. The highest BCUT2D eigenvalue weighted by molar-refractivity contribution is 6.28. The Balaban J connectivity index is 0.744. The minimum absolute atomic E-state index is 0.843. The van der Waals surface area contributed by atoms with Gasteiger partial charge in [0.25, 0.3) is 0 Å². The van der Waals surface area contributed by atoms with Gasteiger partial charge in [-0.25, -0.2) is 0 Å². The van der Waals surface area contributed by atoms with Crippen LogP contribution in [-0.2, 0) is 6.54 Å². The van der Waals surface area contributed by atoms with E-state index in [2.05, 4.69) is 358 Å². The molecule has 20 rings (SSSR count). The van der Waals surface area contributed by atoms with Gasteiger partial charge in [0.1, 0.15) is 0 Å². The average Bonchev–Trinajstić information content (AvgIpc) is 1.69. The molecule has 0 aliphatic heterocycles. The molecule has 0 saturated heterocycles. The van der Waals surface area contributed by atoms with Gasteiger partial charge in [-0.3, -0.25) is 0 Å². The Hall–Kier alpha value is -12.4. The van der Waals surface area contributed by atoms with Crippen molar-refractivity contribution in [1.82, 2.24) is 13.7 Å². The number of fused-ring (bicyclic) bond motifs is 12. The number of hydrogen-bond acceptors (Lipinski definition) is 2. The quantitative estimate of drug-likeness (QED) is 0.127. The Morgan fingerprint density at radius 2 is 0.684 bits per heavy atom. The van der Waals surface area contributed by atoms with Crippen LogP contribution in [-0.4, -0.2) is 13.7 Å². The molecule has 0 aliphatic carbocycles. The molecule has 0 bridgehead atoms. The predicted molar refractivity (Wildman–Crippen MR) is 405 cm³/mol. The summed E-state index contributed by atoms with van der Waals surface area (Å²) in [6.45, 7) is 3.10. The van der Waals surface area contributed by atoms with E-state index in [-0.39, 0.29) is 0 Å². The molecular weight excluding hydrogens is 1150 g/mol. The molecule has 20 aromatic rings. The molecule has 444 valence electrons. The van der Waals surface area contributed by atoms with Gasteiger partial charge < -0.3 is 23.5 Å². The SMILES string of the molecule is CCn1c2ccc(N(c3ccccc3)c3cccc4ccccc34)cc2c2cc(N(c3ccccc3)c3ccc4ccc5c(-c6ccc7cccc(-n8c9ccccc9c9cc%10c(cc98)c8ccccc8n%10-c8cccc9ccccc89)c7c6)ccc6ccc3c4c65)ccc21. The Labute approximate surface area is 547 Å². The van der Waals surface area contributed by atoms with Gasteiger partial charge in [-0.15, -0.1) is 0 Å². The zero-order valence-electron chi connectivity index (χ0n) is 52.1. The van der Waals surface area contributed by atoms with Crippen LogP contribution in [0.5, 0.6) is 0 Å². The van der Waals surface area contributed by atoms with Gasteiger partial charge in [-0.05, 0) is 176 Å². The predicted octanol–water partition coefficient (Wildman–Crippen LogP) is 25.0. The van der Waals surface area contributed by atoms with Crippen molar-refractivity contribution in [2.75, 3.05) is 9.80 Å². The number of para-hydroxylation sites is 4. The van der Waals surface area contributed by atoms with Gasteiger partial charge in [0, 0.05) is 94.2 Å². The summed E-state index contributed by atoms with van der Waals surface area (Å²) in [5.74, 6) is 0. The maximum Gasteiger partial charge on any atom is 0.0549 e. The molecule has 95 heavy (non-hydrogen) atoms. The topological polar surface area (TPSA) is 21.3 Å².